The summed E-state index contributed by atoms with van der Waals surface area (Å²) in [5.41, 5.74) is -5.10. The van der Waals surface area contributed by atoms with Gasteiger partial charge in [0.15, 0.2) is 5.82 Å². The lowest BCUT2D eigenvalue weighted by molar-refractivity contribution is -0.138. The summed E-state index contributed by atoms with van der Waals surface area (Å²) in [6.45, 7) is 2.58. The number of aromatic nitrogens is 2. The molecule has 192 valence electrons. The Bertz CT molecular complexity index is 1550. The summed E-state index contributed by atoms with van der Waals surface area (Å²) in [6, 6.07) is 5.26. The standard InChI is InChI=1S/C21H18F5N5O4S/c1-10-27-13-8-7-12(22)15(21(24,25)26)17(13)31(10)14-6-4-5-11(16(14)23)20(2)9-36(34,35)30(3)18(29-20)28-19(32)33/h4-8H,9H2,1-3H3,(H,28,29)(H,32,33)/t20-/m0/s1. The molecule has 1 atom stereocenters. The fourth-order valence-corrected chi connectivity index (χ4v) is 5.73. The van der Waals surface area contributed by atoms with Crippen molar-refractivity contribution < 1.29 is 40.3 Å². The van der Waals surface area contributed by atoms with Crippen molar-refractivity contribution in [1.29, 1.82) is 0 Å². The number of aliphatic imine (C=N–C) groups is 1. The molecular formula is C21H18F5N5O4S. The third kappa shape index (κ3) is 4.02. The summed E-state index contributed by atoms with van der Waals surface area (Å²) >= 11 is 0. The van der Waals surface area contributed by atoms with Crippen molar-refractivity contribution in [3.05, 3.63) is 58.9 Å². The number of fused-ring (bicyclic) bond motifs is 1. The highest BCUT2D eigenvalue weighted by Gasteiger charge is 2.45. The molecule has 2 aromatic carbocycles. The van der Waals surface area contributed by atoms with Gasteiger partial charge in [0.05, 0.1) is 28.0 Å². The summed E-state index contributed by atoms with van der Waals surface area (Å²) in [6.07, 6.45) is -6.83. The number of rotatable bonds is 2. The molecule has 1 aliphatic rings. The van der Waals surface area contributed by atoms with Crippen LogP contribution in [0.5, 0.6) is 0 Å². The second-order valence-corrected chi connectivity index (χ2v) is 10.3. The number of benzene rings is 2. The maximum absolute atomic E-state index is 16.0. The van der Waals surface area contributed by atoms with Gasteiger partial charge in [0.25, 0.3) is 0 Å². The van der Waals surface area contributed by atoms with Gasteiger partial charge in [0, 0.05) is 12.6 Å². The Morgan fingerprint density at radius 2 is 1.89 bits per heavy atom. The van der Waals surface area contributed by atoms with Crippen LogP contribution in [0.25, 0.3) is 16.7 Å². The Kier molecular flexibility index (Phi) is 5.73. The molecule has 15 heteroatoms. The van der Waals surface area contributed by atoms with Gasteiger partial charge in [0.2, 0.25) is 16.0 Å². The van der Waals surface area contributed by atoms with E-state index in [1.807, 2.05) is 0 Å². The van der Waals surface area contributed by atoms with Crippen LogP contribution in [0.1, 0.15) is 23.9 Å². The predicted octanol–water partition coefficient (Wildman–Crippen LogP) is 3.74. The monoisotopic (exact) mass is 531 g/mol. The Balaban J connectivity index is 1.98. The molecule has 4 rings (SSSR count). The number of guanidine groups is 1. The van der Waals surface area contributed by atoms with Crippen LogP contribution in [-0.2, 0) is 21.7 Å². The number of amides is 1. The van der Waals surface area contributed by atoms with Crippen LogP contribution < -0.4 is 5.32 Å². The molecule has 2 heterocycles. The van der Waals surface area contributed by atoms with Crippen LogP contribution >= 0.6 is 0 Å². The maximum Gasteiger partial charge on any atom is 0.434 e. The van der Waals surface area contributed by atoms with E-state index in [4.69, 9.17) is 5.11 Å². The van der Waals surface area contributed by atoms with Gasteiger partial charge in [-0.1, -0.05) is 12.1 Å². The van der Waals surface area contributed by atoms with Crippen molar-refractivity contribution in [2.75, 3.05) is 12.8 Å². The number of carboxylic acid groups (broad SMARTS) is 1. The van der Waals surface area contributed by atoms with E-state index in [0.717, 1.165) is 23.7 Å². The number of nitrogens with zero attached hydrogens (tertiary/aromatic N) is 4. The average Bonchev–Trinajstić information content (AvgIpc) is 3.05. The third-order valence-electron chi connectivity index (χ3n) is 5.81. The van der Waals surface area contributed by atoms with Crippen molar-refractivity contribution in [3.63, 3.8) is 0 Å². The van der Waals surface area contributed by atoms with Crippen LogP contribution in [0.2, 0.25) is 0 Å². The van der Waals surface area contributed by atoms with E-state index in [0.29, 0.717) is 10.4 Å². The van der Waals surface area contributed by atoms with Crippen molar-refractivity contribution in [1.82, 2.24) is 19.2 Å². The second kappa shape index (κ2) is 8.15. The van der Waals surface area contributed by atoms with Crippen LogP contribution in [0.3, 0.4) is 0 Å². The van der Waals surface area contributed by atoms with Gasteiger partial charge < -0.3 is 10.4 Å². The molecule has 0 radical (unpaired) electrons. The first-order valence-corrected chi connectivity index (χ1v) is 11.8. The van der Waals surface area contributed by atoms with Crippen LogP contribution in [0, 0.1) is 18.6 Å². The van der Waals surface area contributed by atoms with E-state index in [1.54, 1.807) is 0 Å². The molecule has 1 aliphatic heterocycles. The molecule has 0 saturated carbocycles. The molecule has 1 saturated heterocycles. The Labute approximate surface area is 200 Å². The lowest BCUT2D eigenvalue weighted by Crippen LogP contribution is -2.61. The summed E-state index contributed by atoms with van der Waals surface area (Å²) in [5, 5.41) is 11.6. The Morgan fingerprint density at radius 1 is 1.22 bits per heavy atom. The van der Waals surface area contributed by atoms with Gasteiger partial charge in [0.1, 0.15) is 17.2 Å². The summed E-state index contributed by atoms with van der Waals surface area (Å²) < 4.78 is 98.5. The Hall–Kier alpha value is -3.75. The van der Waals surface area contributed by atoms with Gasteiger partial charge in [-0.25, -0.2) is 31.3 Å². The van der Waals surface area contributed by atoms with E-state index in [2.05, 4.69) is 15.3 Å². The Morgan fingerprint density at radius 3 is 2.50 bits per heavy atom. The summed E-state index contributed by atoms with van der Waals surface area (Å²) in [4.78, 5) is 18.3. The molecule has 0 spiro atoms. The first-order valence-electron chi connectivity index (χ1n) is 10.2. The number of hydrogen-bond donors (Lipinski definition) is 2. The van der Waals surface area contributed by atoms with Crippen LogP contribution in [0.15, 0.2) is 35.3 Å². The zero-order valence-corrected chi connectivity index (χ0v) is 19.7. The molecular weight excluding hydrogens is 513 g/mol. The highest BCUT2D eigenvalue weighted by atomic mass is 32.2. The molecule has 1 amide bonds. The van der Waals surface area contributed by atoms with Crippen molar-refractivity contribution >= 4 is 33.1 Å². The SMILES string of the molecule is Cc1nc2ccc(F)c(C(F)(F)F)c2n1-c1cccc([C@]2(C)CS(=O)(=O)N(C)/C(=N/C(=O)O)N2)c1F. The zero-order chi connectivity index (χ0) is 26.8. The van der Waals surface area contributed by atoms with E-state index < -0.39 is 67.9 Å². The van der Waals surface area contributed by atoms with Gasteiger partial charge in [-0.2, -0.15) is 13.2 Å². The number of aryl methyl sites for hydroxylation is 1. The third-order valence-corrected chi connectivity index (χ3v) is 7.76. The largest absolute Gasteiger partial charge is 0.463 e. The lowest BCUT2D eigenvalue weighted by Gasteiger charge is -2.40. The smallest absolute Gasteiger partial charge is 0.434 e. The number of imidazole rings is 1. The molecule has 2 N–H and O–H groups in total. The van der Waals surface area contributed by atoms with Crippen LogP contribution in [0.4, 0.5) is 26.7 Å². The highest BCUT2D eigenvalue weighted by Crippen LogP contribution is 2.39. The quantitative estimate of drug-likeness (QED) is 0.487. The highest BCUT2D eigenvalue weighted by molar-refractivity contribution is 7.89. The van der Waals surface area contributed by atoms with E-state index >= 15 is 4.39 Å². The van der Waals surface area contributed by atoms with Gasteiger partial charge >= 0.3 is 12.3 Å². The average molecular weight is 531 g/mol. The van der Waals surface area contributed by atoms with Crippen molar-refractivity contribution in [3.8, 4) is 5.69 Å². The van der Waals surface area contributed by atoms with E-state index in [9.17, 15) is 30.8 Å². The molecule has 36 heavy (non-hydrogen) atoms. The molecule has 1 aromatic heterocycles. The number of hydrogen-bond acceptors (Lipinski definition) is 4. The molecule has 0 bridgehead atoms. The summed E-state index contributed by atoms with van der Waals surface area (Å²) in [7, 11) is -3.12. The first-order chi connectivity index (χ1) is 16.6. The fraction of sp³-hybridized carbons (Fsp3) is 0.286. The zero-order valence-electron chi connectivity index (χ0n) is 18.9. The minimum atomic E-state index is -5.13. The lowest BCUT2D eigenvalue weighted by atomic mass is 9.92. The normalized spacial score (nSPS) is 21.1. The number of carbonyl (C=O) groups is 1. The fourth-order valence-electron chi connectivity index (χ4n) is 4.23. The molecule has 3 aromatic rings. The van der Waals surface area contributed by atoms with Gasteiger partial charge in [-0.15, -0.1) is 4.99 Å². The number of alkyl halides is 3. The number of sulfonamides is 1. The maximum atomic E-state index is 16.0. The number of nitrogens with one attached hydrogen (secondary N) is 1. The minimum Gasteiger partial charge on any atom is -0.463 e. The second-order valence-electron chi connectivity index (χ2n) is 8.32. The molecule has 9 nitrogen and oxygen atoms in total. The molecule has 0 aliphatic carbocycles. The van der Waals surface area contributed by atoms with Crippen molar-refractivity contribution in [2.45, 2.75) is 25.6 Å². The van der Waals surface area contributed by atoms with E-state index in [-0.39, 0.29) is 16.9 Å². The first kappa shape index (κ1) is 25.3. The van der Waals surface area contributed by atoms with Crippen molar-refractivity contribution in [2.24, 2.45) is 4.99 Å². The minimum absolute atomic E-state index is 0.0839. The van der Waals surface area contributed by atoms with E-state index in [1.165, 1.54) is 26.0 Å². The van der Waals surface area contributed by atoms with Gasteiger partial charge in [-0.05, 0) is 32.0 Å². The molecule has 1 fully saturated rings. The topological polar surface area (TPSA) is 117 Å². The van der Waals surface area contributed by atoms with Gasteiger partial charge in [-0.3, -0.25) is 4.57 Å². The summed E-state index contributed by atoms with van der Waals surface area (Å²) in [5.74, 6) is -4.10. The number of halogens is 5. The molecule has 0 unspecified atom stereocenters. The predicted molar refractivity (Wildman–Crippen MR) is 118 cm³/mol. The van der Waals surface area contributed by atoms with Crippen LogP contribution in [-0.4, -0.2) is 52.2 Å².